The SMILES string of the molecule is CC1CN(CC(N)c2cnn(C)c2)CCN1C. The van der Waals surface area contributed by atoms with Crippen LogP contribution in [0.25, 0.3) is 0 Å². The van der Waals surface area contributed by atoms with Crippen LogP contribution in [0, 0.1) is 0 Å². The van der Waals surface area contributed by atoms with E-state index in [0.29, 0.717) is 6.04 Å². The standard InChI is InChI=1S/C12H23N5/c1-10-7-17(5-4-15(10)2)9-12(13)11-6-14-16(3)8-11/h6,8,10,12H,4-5,7,9,13H2,1-3H3. The van der Waals surface area contributed by atoms with E-state index in [-0.39, 0.29) is 6.04 Å². The lowest BCUT2D eigenvalue weighted by Gasteiger charge is -2.38. The molecule has 2 atom stereocenters. The van der Waals surface area contributed by atoms with Crippen molar-refractivity contribution in [3.63, 3.8) is 0 Å². The van der Waals surface area contributed by atoms with Crippen LogP contribution >= 0.6 is 0 Å². The number of piperazine rings is 1. The number of nitrogens with two attached hydrogens (primary N) is 1. The molecule has 0 spiro atoms. The first-order chi connectivity index (χ1) is 8.06. The summed E-state index contributed by atoms with van der Waals surface area (Å²) in [7, 11) is 4.11. The van der Waals surface area contributed by atoms with Gasteiger partial charge >= 0.3 is 0 Å². The highest BCUT2D eigenvalue weighted by molar-refractivity contribution is 5.10. The highest BCUT2D eigenvalue weighted by Crippen LogP contribution is 2.13. The monoisotopic (exact) mass is 237 g/mol. The molecule has 0 aliphatic carbocycles. The molecule has 0 aromatic carbocycles. The molecule has 0 radical (unpaired) electrons. The van der Waals surface area contributed by atoms with Gasteiger partial charge in [-0.3, -0.25) is 9.58 Å². The Morgan fingerprint density at radius 3 is 2.82 bits per heavy atom. The van der Waals surface area contributed by atoms with Gasteiger partial charge in [0.15, 0.2) is 0 Å². The van der Waals surface area contributed by atoms with Crippen LogP contribution in [0.15, 0.2) is 12.4 Å². The van der Waals surface area contributed by atoms with Gasteiger partial charge in [0.1, 0.15) is 0 Å². The van der Waals surface area contributed by atoms with Gasteiger partial charge in [-0.05, 0) is 14.0 Å². The molecule has 0 bridgehead atoms. The molecule has 0 amide bonds. The molecule has 2 heterocycles. The predicted molar refractivity (Wildman–Crippen MR) is 68.7 cm³/mol. The Kier molecular flexibility index (Phi) is 3.81. The number of hydrogen-bond donors (Lipinski definition) is 1. The second-order valence-corrected chi connectivity index (χ2v) is 5.14. The summed E-state index contributed by atoms with van der Waals surface area (Å²) in [4.78, 5) is 4.84. The fourth-order valence-corrected chi connectivity index (χ4v) is 2.30. The fourth-order valence-electron chi connectivity index (χ4n) is 2.30. The van der Waals surface area contributed by atoms with Gasteiger partial charge in [0.2, 0.25) is 0 Å². The Bertz CT molecular complexity index is 362. The smallest absolute Gasteiger partial charge is 0.0537 e. The van der Waals surface area contributed by atoms with Gasteiger partial charge in [-0.1, -0.05) is 0 Å². The van der Waals surface area contributed by atoms with E-state index in [9.17, 15) is 0 Å². The molecule has 0 saturated carbocycles. The second-order valence-electron chi connectivity index (χ2n) is 5.14. The summed E-state index contributed by atoms with van der Waals surface area (Å²) in [5, 5.41) is 4.17. The largest absolute Gasteiger partial charge is 0.323 e. The molecule has 2 rings (SSSR count). The van der Waals surface area contributed by atoms with Crippen molar-refractivity contribution >= 4 is 0 Å². The number of rotatable bonds is 3. The molecule has 1 fully saturated rings. The summed E-state index contributed by atoms with van der Waals surface area (Å²) in [6, 6.07) is 0.684. The molecule has 5 nitrogen and oxygen atoms in total. The molecule has 1 aromatic heterocycles. The Morgan fingerprint density at radius 1 is 1.47 bits per heavy atom. The Morgan fingerprint density at radius 2 is 2.24 bits per heavy atom. The molecule has 2 unspecified atom stereocenters. The zero-order valence-electron chi connectivity index (χ0n) is 11.0. The first-order valence-electron chi connectivity index (χ1n) is 6.23. The lowest BCUT2D eigenvalue weighted by Crippen LogP contribution is -2.51. The van der Waals surface area contributed by atoms with Gasteiger partial charge in [-0.25, -0.2) is 0 Å². The molecule has 5 heteroatoms. The number of aromatic nitrogens is 2. The van der Waals surface area contributed by atoms with Crippen LogP contribution in [0.2, 0.25) is 0 Å². The summed E-state index contributed by atoms with van der Waals surface area (Å²) in [6.45, 7) is 6.52. The van der Waals surface area contributed by atoms with E-state index >= 15 is 0 Å². The third kappa shape index (κ3) is 3.06. The van der Waals surface area contributed by atoms with Gasteiger partial charge in [0.25, 0.3) is 0 Å². The average molecular weight is 237 g/mol. The maximum atomic E-state index is 6.21. The van der Waals surface area contributed by atoms with Crippen molar-refractivity contribution in [1.29, 1.82) is 0 Å². The van der Waals surface area contributed by atoms with E-state index < -0.39 is 0 Å². The zero-order valence-corrected chi connectivity index (χ0v) is 11.0. The van der Waals surface area contributed by atoms with E-state index in [4.69, 9.17) is 5.73 Å². The highest BCUT2D eigenvalue weighted by atomic mass is 15.3. The Balaban J connectivity index is 1.89. The number of likely N-dealkylation sites (N-methyl/N-ethyl adjacent to an activating group) is 1. The van der Waals surface area contributed by atoms with Crippen LogP contribution in [0.4, 0.5) is 0 Å². The molecule has 96 valence electrons. The fraction of sp³-hybridized carbons (Fsp3) is 0.750. The maximum Gasteiger partial charge on any atom is 0.0537 e. The van der Waals surface area contributed by atoms with Crippen molar-refractivity contribution in [1.82, 2.24) is 19.6 Å². The Hall–Kier alpha value is -0.910. The molecule has 17 heavy (non-hydrogen) atoms. The summed E-state index contributed by atoms with van der Waals surface area (Å²) in [5.41, 5.74) is 7.33. The van der Waals surface area contributed by atoms with E-state index in [2.05, 4.69) is 28.9 Å². The minimum atomic E-state index is 0.0688. The van der Waals surface area contributed by atoms with E-state index in [1.54, 1.807) is 0 Å². The summed E-state index contributed by atoms with van der Waals surface area (Å²) >= 11 is 0. The highest BCUT2D eigenvalue weighted by Gasteiger charge is 2.22. The lowest BCUT2D eigenvalue weighted by atomic mass is 10.1. The normalized spacial score (nSPS) is 25.1. The van der Waals surface area contributed by atoms with Crippen molar-refractivity contribution in [3.8, 4) is 0 Å². The molecule has 1 saturated heterocycles. The molecular formula is C12H23N5. The van der Waals surface area contributed by atoms with Gasteiger partial charge in [-0.2, -0.15) is 5.10 Å². The molecule has 1 aliphatic rings. The van der Waals surface area contributed by atoms with Gasteiger partial charge in [0.05, 0.1) is 6.20 Å². The lowest BCUT2D eigenvalue weighted by molar-refractivity contribution is 0.100. The third-order valence-electron chi connectivity index (χ3n) is 3.65. The van der Waals surface area contributed by atoms with E-state index in [1.807, 2.05) is 24.1 Å². The predicted octanol–water partition coefficient (Wildman–Crippen LogP) is 0.0558. The summed E-state index contributed by atoms with van der Waals surface area (Å²) < 4.78 is 1.81. The topological polar surface area (TPSA) is 50.3 Å². The van der Waals surface area contributed by atoms with Crippen LogP contribution in [0.3, 0.4) is 0 Å². The number of nitrogens with zero attached hydrogens (tertiary/aromatic N) is 4. The average Bonchev–Trinajstić information content (AvgIpc) is 2.70. The molecule has 1 aromatic rings. The quantitative estimate of drug-likeness (QED) is 0.807. The molecule has 1 aliphatic heterocycles. The Labute approximate surface area is 103 Å². The van der Waals surface area contributed by atoms with Crippen LogP contribution in [0.5, 0.6) is 0 Å². The van der Waals surface area contributed by atoms with Crippen LogP contribution in [-0.4, -0.2) is 58.8 Å². The third-order valence-corrected chi connectivity index (χ3v) is 3.65. The van der Waals surface area contributed by atoms with Crippen molar-refractivity contribution in [2.75, 3.05) is 33.2 Å². The first kappa shape index (κ1) is 12.5. The van der Waals surface area contributed by atoms with Gasteiger partial charge in [-0.15, -0.1) is 0 Å². The summed E-state index contributed by atoms with van der Waals surface area (Å²) in [5.74, 6) is 0. The first-order valence-corrected chi connectivity index (χ1v) is 6.23. The van der Waals surface area contributed by atoms with Crippen molar-refractivity contribution in [3.05, 3.63) is 18.0 Å². The van der Waals surface area contributed by atoms with E-state index in [1.165, 1.54) is 0 Å². The van der Waals surface area contributed by atoms with Crippen LogP contribution in [0.1, 0.15) is 18.5 Å². The van der Waals surface area contributed by atoms with Crippen molar-refractivity contribution in [2.24, 2.45) is 12.8 Å². The molecular weight excluding hydrogens is 214 g/mol. The maximum absolute atomic E-state index is 6.21. The van der Waals surface area contributed by atoms with Crippen molar-refractivity contribution in [2.45, 2.75) is 19.0 Å². The van der Waals surface area contributed by atoms with Crippen molar-refractivity contribution < 1.29 is 0 Å². The number of hydrogen-bond acceptors (Lipinski definition) is 4. The second kappa shape index (κ2) is 5.16. The zero-order chi connectivity index (χ0) is 12.4. The van der Waals surface area contributed by atoms with Crippen LogP contribution < -0.4 is 5.73 Å². The van der Waals surface area contributed by atoms with Gasteiger partial charge in [0, 0.05) is 57.1 Å². The molecule has 2 N–H and O–H groups in total. The van der Waals surface area contributed by atoms with Crippen LogP contribution in [-0.2, 0) is 7.05 Å². The number of aryl methyl sites for hydroxylation is 1. The minimum Gasteiger partial charge on any atom is -0.323 e. The van der Waals surface area contributed by atoms with E-state index in [0.717, 1.165) is 31.7 Å². The minimum absolute atomic E-state index is 0.0688. The van der Waals surface area contributed by atoms with Gasteiger partial charge < -0.3 is 10.6 Å². The summed E-state index contributed by atoms with van der Waals surface area (Å²) in [6.07, 6.45) is 3.87.